The van der Waals surface area contributed by atoms with E-state index < -0.39 is 6.04 Å². The lowest BCUT2D eigenvalue weighted by atomic mass is 10.2. The van der Waals surface area contributed by atoms with Crippen LogP contribution in [0.15, 0.2) is 12.1 Å². The van der Waals surface area contributed by atoms with Gasteiger partial charge < -0.3 is 15.0 Å². The summed E-state index contributed by atoms with van der Waals surface area (Å²) >= 11 is 1.66. The number of ether oxygens (including phenoxy) is 1. The molecule has 0 aromatic carbocycles. The highest BCUT2D eigenvalue weighted by molar-refractivity contribution is 7.98. The van der Waals surface area contributed by atoms with Crippen LogP contribution in [0.1, 0.15) is 25.5 Å². The van der Waals surface area contributed by atoms with E-state index >= 15 is 0 Å². The van der Waals surface area contributed by atoms with Gasteiger partial charge in [-0.2, -0.15) is 16.9 Å². The van der Waals surface area contributed by atoms with Crippen LogP contribution in [0.25, 0.3) is 0 Å². The van der Waals surface area contributed by atoms with Crippen molar-refractivity contribution in [3.8, 4) is 5.88 Å². The highest BCUT2D eigenvalue weighted by Gasteiger charge is 2.32. The molecule has 24 heavy (non-hydrogen) atoms. The lowest BCUT2D eigenvalue weighted by Crippen LogP contribution is -2.48. The average Bonchev–Trinajstić information content (AvgIpc) is 3.01. The van der Waals surface area contributed by atoms with Crippen LogP contribution < -0.4 is 10.1 Å². The number of rotatable bonds is 7. The van der Waals surface area contributed by atoms with Gasteiger partial charge in [0, 0.05) is 26.0 Å². The molecule has 1 aromatic heterocycles. The van der Waals surface area contributed by atoms with Crippen LogP contribution in [0, 0.1) is 6.92 Å². The Hall–Kier alpha value is -1.83. The first-order chi connectivity index (χ1) is 11.5. The second-order valence-electron chi connectivity index (χ2n) is 5.86. The first-order valence-electron chi connectivity index (χ1n) is 8.01. The normalized spacial score (nSPS) is 18.3. The Labute approximate surface area is 146 Å². The van der Waals surface area contributed by atoms with Crippen molar-refractivity contribution in [3.63, 3.8) is 0 Å². The molecule has 132 valence electrons. The second-order valence-corrected chi connectivity index (χ2v) is 6.85. The molecule has 8 heteroatoms. The molecule has 7 nitrogen and oxygen atoms in total. The molecule has 1 fully saturated rings. The van der Waals surface area contributed by atoms with E-state index in [1.54, 1.807) is 22.7 Å². The zero-order valence-electron chi connectivity index (χ0n) is 14.3. The summed E-state index contributed by atoms with van der Waals surface area (Å²) in [6.45, 7) is 4.43. The fourth-order valence-electron chi connectivity index (χ4n) is 2.60. The number of hydrogen-bond donors (Lipinski definition) is 1. The van der Waals surface area contributed by atoms with E-state index in [-0.39, 0.29) is 17.9 Å². The molecule has 0 spiro atoms. The average molecular weight is 352 g/mol. The molecule has 0 radical (unpaired) electrons. The number of amides is 2. The standard InChI is InChI=1S/C16H24N4O3S/c1-11-4-5-15(19-18-11)23-13-6-8-20(10-13)16(22)14(7-9-24-3)17-12(2)21/h4-5,13-14H,6-10H2,1-3H3,(H,17,21)/t13-,14-/m1/s1. The second kappa shape index (κ2) is 8.86. The lowest BCUT2D eigenvalue weighted by Gasteiger charge is -2.23. The summed E-state index contributed by atoms with van der Waals surface area (Å²) in [5, 5.41) is 10.7. The topological polar surface area (TPSA) is 84.4 Å². The first-order valence-corrected chi connectivity index (χ1v) is 9.40. The number of hydrogen-bond acceptors (Lipinski definition) is 6. The minimum atomic E-state index is -0.465. The van der Waals surface area contributed by atoms with Gasteiger partial charge in [-0.15, -0.1) is 5.10 Å². The molecule has 0 saturated carbocycles. The van der Waals surface area contributed by atoms with Gasteiger partial charge in [0.15, 0.2) is 0 Å². The third-order valence-electron chi connectivity index (χ3n) is 3.80. The summed E-state index contributed by atoms with van der Waals surface area (Å²) in [6.07, 6.45) is 3.27. The van der Waals surface area contributed by atoms with Gasteiger partial charge >= 0.3 is 0 Å². The van der Waals surface area contributed by atoms with Crippen LogP contribution in [0.4, 0.5) is 0 Å². The number of aryl methyl sites for hydroxylation is 1. The van der Waals surface area contributed by atoms with E-state index in [4.69, 9.17) is 4.74 Å². The van der Waals surface area contributed by atoms with Crippen molar-refractivity contribution in [2.24, 2.45) is 0 Å². The van der Waals surface area contributed by atoms with Crippen LogP contribution in [0.3, 0.4) is 0 Å². The third kappa shape index (κ3) is 5.36. The van der Waals surface area contributed by atoms with E-state index in [1.807, 2.05) is 19.2 Å². The fraction of sp³-hybridized carbons (Fsp3) is 0.625. The monoisotopic (exact) mass is 352 g/mol. The van der Waals surface area contributed by atoms with Gasteiger partial charge in [0.25, 0.3) is 0 Å². The number of carbonyl (C=O) groups is 2. The smallest absolute Gasteiger partial charge is 0.245 e. The minimum absolute atomic E-state index is 0.0414. The van der Waals surface area contributed by atoms with Crippen molar-refractivity contribution in [2.75, 3.05) is 25.1 Å². The van der Waals surface area contributed by atoms with Crippen LogP contribution >= 0.6 is 11.8 Å². The van der Waals surface area contributed by atoms with Crippen molar-refractivity contribution in [2.45, 2.75) is 38.8 Å². The quantitative estimate of drug-likeness (QED) is 0.789. The molecular formula is C16H24N4O3S. The van der Waals surface area contributed by atoms with Crippen molar-refractivity contribution in [3.05, 3.63) is 17.8 Å². The van der Waals surface area contributed by atoms with Crippen molar-refractivity contribution < 1.29 is 14.3 Å². The summed E-state index contributed by atoms with van der Waals surface area (Å²) < 4.78 is 5.79. The van der Waals surface area contributed by atoms with Gasteiger partial charge in [-0.3, -0.25) is 9.59 Å². The van der Waals surface area contributed by atoms with E-state index in [0.717, 1.165) is 17.9 Å². The first kappa shape index (κ1) is 18.5. The summed E-state index contributed by atoms with van der Waals surface area (Å²) in [7, 11) is 0. The van der Waals surface area contributed by atoms with Crippen LogP contribution in [-0.2, 0) is 9.59 Å². The summed E-state index contributed by atoms with van der Waals surface area (Å²) in [4.78, 5) is 25.7. The molecule has 1 N–H and O–H groups in total. The number of nitrogens with zero attached hydrogens (tertiary/aromatic N) is 3. The molecule has 2 atom stereocenters. The van der Waals surface area contributed by atoms with Crippen LogP contribution in [0.2, 0.25) is 0 Å². The predicted molar refractivity (Wildman–Crippen MR) is 93.0 cm³/mol. The maximum atomic E-state index is 12.6. The summed E-state index contributed by atoms with van der Waals surface area (Å²) in [6, 6.07) is 3.16. The van der Waals surface area contributed by atoms with Crippen LogP contribution in [-0.4, -0.2) is 64.2 Å². The molecule has 2 heterocycles. The minimum Gasteiger partial charge on any atom is -0.471 e. The molecule has 1 aromatic rings. The van der Waals surface area contributed by atoms with E-state index in [0.29, 0.717) is 25.4 Å². The summed E-state index contributed by atoms with van der Waals surface area (Å²) in [5.74, 6) is 1.07. The van der Waals surface area contributed by atoms with E-state index in [1.165, 1.54) is 6.92 Å². The fourth-order valence-corrected chi connectivity index (χ4v) is 3.08. The number of carbonyl (C=O) groups excluding carboxylic acids is 2. The zero-order valence-corrected chi connectivity index (χ0v) is 15.1. The Morgan fingerprint density at radius 1 is 1.46 bits per heavy atom. The van der Waals surface area contributed by atoms with Gasteiger partial charge in [-0.25, -0.2) is 0 Å². The maximum Gasteiger partial charge on any atom is 0.245 e. The predicted octanol–water partition coefficient (Wildman–Crippen LogP) is 1.02. The molecule has 1 saturated heterocycles. The molecule has 0 bridgehead atoms. The highest BCUT2D eigenvalue weighted by Crippen LogP contribution is 2.18. The largest absolute Gasteiger partial charge is 0.471 e. The number of likely N-dealkylation sites (tertiary alicyclic amines) is 1. The molecule has 0 aliphatic carbocycles. The Morgan fingerprint density at radius 3 is 2.88 bits per heavy atom. The maximum absolute atomic E-state index is 12.6. The van der Waals surface area contributed by atoms with Gasteiger partial charge in [0.05, 0.1) is 12.2 Å². The Kier molecular flexibility index (Phi) is 6.84. The lowest BCUT2D eigenvalue weighted by molar-refractivity contribution is -0.135. The van der Waals surface area contributed by atoms with Crippen LogP contribution in [0.5, 0.6) is 5.88 Å². The molecule has 2 amide bonds. The Morgan fingerprint density at radius 2 is 2.25 bits per heavy atom. The number of aromatic nitrogens is 2. The van der Waals surface area contributed by atoms with Gasteiger partial charge in [-0.1, -0.05) is 0 Å². The molecule has 2 rings (SSSR count). The molecular weight excluding hydrogens is 328 g/mol. The van der Waals surface area contributed by atoms with Gasteiger partial charge in [0.2, 0.25) is 17.7 Å². The number of thioether (sulfide) groups is 1. The molecule has 1 aliphatic heterocycles. The third-order valence-corrected chi connectivity index (χ3v) is 4.45. The van der Waals surface area contributed by atoms with Crippen molar-refractivity contribution >= 4 is 23.6 Å². The zero-order chi connectivity index (χ0) is 17.5. The van der Waals surface area contributed by atoms with Crippen molar-refractivity contribution in [1.82, 2.24) is 20.4 Å². The summed E-state index contributed by atoms with van der Waals surface area (Å²) in [5.41, 5.74) is 0.831. The number of nitrogens with one attached hydrogen (secondary N) is 1. The SMILES string of the molecule is CSCC[C@@H](NC(C)=O)C(=O)N1CC[C@@H](Oc2ccc(C)nn2)C1. The van der Waals surface area contributed by atoms with Gasteiger partial charge in [-0.05, 0) is 31.4 Å². The van der Waals surface area contributed by atoms with E-state index in [2.05, 4.69) is 15.5 Å². The Bertz CT molecular complexity index is 567. The van der Waals surface area contributed by atoms with E-state index in [9.17, 15) is 9.59 Å². The molecule has 1 aliphatic rings. The molecule has 0 unspecified atom stereocenters. The Balaban J connectivity index is 1.90. The van der Waals surface area contributed by atoms with Crippen molar-refractivity contribution in [1.29, 1.82) is 0 Å². The van der Waals surface area contributed by atoms with Gasteiger partial charge in [0.1, 0.15) is 12.1 Å². The highest BCUT2D eigenvalue weighted by atomic mass is 32.2.